The van der Waals surface area contributed by atoms with Crippen LogP contribution in [0.4, 0.5) is 10.1 Å². The predicted octanol–water partition coefficient (Wildman–Crippen LogP) is 3.11. The summed E-state index contributed by atoms with van der Waals surface area (Å²) in [7, 11) is 0. The van der Waals surface area contributed by atoms with Crippen molar-refractivity contribution in [2.24, 2.45) is 0 Å². The Hall–Kier alpha value is -4.36. The van der Waals surface area contributed by atoms with Crippen molar-refractivity contribution < 1.29 is 14.3 Å². The lowest BCUT2D eigenvalue weighted by Gasteiger charge is -2.22. The van der Waals surface area contributed by atoms with E-state index in [0.717, 1.165) is 11.1 Å². The lowest BCUT2D eigenvalue weighted by Crippen LogP contribution is -2.42. The van der Waals surface area contributed by atoms with Crippen LogP contribution in [0.15, 0.2) is 61.2 Å². The van der Waals surface area contributed by atoms with Crippen LogP contribution in [0, 0.1) is 11.3 Å². The average Bonchev–Trinajstić information content (AvgIpc) is 3.29. The molecule has 0 saturated heterocycles. The molecule has 0 aliphatic heterocycles. The molecular formula is C25H24FN7O2. The van der Waals surface area contributed by atoms with Crippen LogP contribution in [0.1, 0.15) is 35.3 Å². The van der Waals surface area contributed by atoms with Crippen LogP contribution in [0.2, 0.25) is 0 Å². The Bertz CT molecular complexity index is 1390. The van der Waals surface area contributed by atoms with E-state index in [4.69, 9.17) is 5.26 Å². The summed E-state index contributed by atoms with van der Waals surface area (Å²) >= 11 is 0. The van der Waals surface area contributed by atoms with Crippen molar-refractivity contribution >= 4 is 17.1 Å². The maximum atomic E-state index is 14.2. The van der Waals surface area contributed by atoms with Crippen molar-refractivity contribution in [3.63, 3.8) is 0 Å². The quantitative estimate of drug-likeness (QED) is 0.359. The lowest BCUT2D eigenvalue weighted by molar-refractivity contribution is -0.00177. The van der Waals surface area contributed by atoms with E-state index in [-0.39, 0.29) is 12.1 Å². The molecule has 1 amide bonds. The molecule has 0 saturated carbocycles. The van der Waals surface area contributed by atoms with E-state index in [2.05, 4.69) is 31.8 Å². The fraction of sp³-hybridized carbons (Fsp3) is 0.240. The number of nitrogens with zero attached hydrogens (tertiary/aromatic N) is 5. The number of nitriles is 1. The number of nitrogens with one attached hydrogen (secondary N) is 2. The van der Waals surface area contributed by atoms with E-state index in [1.807, 2.05) is 24.3 Å². The number of amides is 1. The molecule has 0 aliphatic rings. The molecule has 0 aromatic carbocycles. The molecule has 1 unspecified atom stereocenters. The molecule has 4 aromatic rings. The van der Waals surface area contributed by atoms with Crippen LogP contribution >= 0.6 is 0 Å². The van der Waals surface area contributed by atoms with Gasteiger partial charge in [-0.3, -0.25) is 14.8 Å². The third-order valence-corrected chi connectivity index (χ3v) is 5.45. The molecule has 4 heterocycles. The van der Waals surface area contributed by atoms with Gasteiger partial charge in [-0.05, 0) is 49.7 Å². The number of aliphatic hydroxyl groups is 1. The number of hydrogen-bond acceptors (Lipinski definition) is 7. The van der Waals surface area contributed by atoms with E-state index in [9.17, 15) is 14.3 Å². The number of pyridine rings is 2. The van der Waals surface area contributed by atoms with Crippen LogP contribution in [0.3, 0.4) is 0 Å². The largest absolute Gasteiger partial charge is 0.387 e. The Kier molecular flexibility index (Phi) is 6.71. The number of carbonyl (C=O) groups excluding carboxylic acids is 1. The highest BCUT2D eigenvalue weighted by atomic mass is 19.1. The van der Waals surface area contributed by atoms with Crippen molar-refractivity contribution in [2.75, 3.05) is 11.9 Å². The Balaban J connectivity index is 1.66. The van der Waals surface area contributed by atoms with Gasteiger partial charge in [-0.2, -0.15) is 10.4 Å². The first-order chi connectivity index (χ1) is 16.8. The number of rotatable bonds is 8. The lowest BCUT2D eigenvalue weighted by atomic mass is 10.0. The first kappa shape index (κ1) is 23.8. The van der Waals surface area contributed by atoms with Crippen LogP contribution < -0.4 is 10.6 Å². The monoisotopic (exact) mass is 473 g/mol. The highest BCUT2D eigenvalue weighted by molar-refractivity contribution is 6.00. The minimum Gasteiger partial charge on any atom is -0.387 e. The fourth-order valence-electron chi connectivity index (χ4n) is 3.40. The molecule has 0 radical (unpaired) electrons. The zero-order valence-corrected chi connectivity index (χ0v) is 19.2. The van der Waals surface area contributed by atoms with Gasteiger partial charge in [0.05, 0.1) is 52.1 Å². The molecule has 0 bridgehead atoms. The molecule has 178 valence electrons. The summed E-state index contributed by atoms with van der Waals surface area (Å²) in [6, 6.07) is 12.9. The number of alkyl halides is 1. The summed E-state index contributed by atoms with van der Waals surface area (Å²) in [6.45, 7) is 2.74. The van der Waals surface area contributed by atoms with Crippen LogP contribution in [0.5, 0.6) is 0 Å². The second kappa shape index (κ2) is 9.87. The highest BCUT2D eigenvalue weighted by Crippen LogP contribution is 2.26. The Morgan fingerprint density at radius 3 is 2.80 bits per heavy atom. The van der Waals surface area contributed by atoms with E-state index in [1.165, 1.54) is 26.2 Å². The van der Waals surface area contributed by atoms with Gasteiger partial charge >= 0.3 is 0 Å². The maximum Gasteiger partial charge on any atom is 0.255 e. The van der Waals surface area contributed by atoms with Gasteiger partial charge in [0.15, 0.2) is 0 Å². The van der Waals surface area contributed by atoms with Crippen molar-refractivity contribution in [1.82, 2.24) is 24.9 Å². The smallest absolute Gasteiger partial charge is 0.255 e. The van der Waals surface area contributed by atoms with Crippen LogP contribution in [-0.2, 0) is 6.54 Å². The Morgan fingerprint density at radius 2 is 2.09 bits per heavy atom. The third kappa shape index (κ3) is 5.42. The van der Waals surface area contributed by atoms with E-state index in [0.29, 0.717) is 29.2 Å². The van der Waals surface area contributed by atoms with Gasteiger partial charge in [0.1, 0.15) is 12.2 Å². The summed E-state index contributed by atoms with van der Waals surface area (Å²) < 4.78 is 15.8. The Morgan fingerprint density at radius 1 is 1.26 bits per heavy atom. The summed E-state index contributed by atoms with van der Waals surface area (Å²) in [5.41, 5.74) is 2.43. The second-order valence-corrected chi connectivity index (χ2v) is 8.57. The molecule has 10 heteroatoms. The maximum absolute atomic E-state index is 14.2. The second-order valence-electron chi connectivity index (χ2n) is 8.57. The molecule has 9 nitrogen and oxygen atoms in total. The number of halogens is 1. The van der Waals surface area contributed by atoms with Gasteiger partial charge in [-0.25, -0.2) is 8.91 Å². The first-order valence-corrected chi connectivity index (χ1v) is 10.9. The number of hydrogen-bond donors (Lipinski definition) is 3. The van der Waals surface area contributed by atoms with Gasteiger partial charge in [0.25, 0.3) is 5.91 Å². The molecule has 3 N–H and O–H groups in total. The van der Waals surface area contributed by atoms with Gasteiger partial charge in [0, 0.05) is 25.1 Å². The van der Waals surface area contributed by atoms with E-state index >= 15 is 0 Å². The van der Waals surface area contributed by atoms with E-state index in [1.54, 1.807) is 29.0 Å². The third-order valence-electron chi connectivity index (χ3n) is 5.45. The minimum atomic E-state index is -1.64. The zero-order valence-electron chi connectivity index (χ0n) is 19.2. The molecule has 4 rings (SSSR count). The number of fused-ring (bicyclic) bond motifs is 1. The van der Waals surface area contributed by atoms with Crippen molar-refractivity contribution in [3.8, 4) is 17.5 Å². The summed E-state index contributed by atoms with van der Waals surface area (Å²) in [5.74, 6) is -0.526. The van der Waals surface area contributed by atoms with Crippen molar-refractivity contribution in [2.45, 2.75) is 32.2 Å². The van der Waals surface area contributed by atoms with Crippen LogP contribution in [-0.4, -0.2) is 48.9 Å². The van der Waals surface area contributed by atoms with Gasteiger partial charge in [-0.1, -0.05) is 6.07 Å². The van der Waals surface area contributed by atoms with Crippen molar-refractivity contribution in [1.29, 1.82) is 5.26 Å². The molecule has 0 spiro atoms. The number of anilines is 1. The summed E-state index contributed by atoms with van der Waals surface area (Å²) in [4.78, 5) is 21.4. The van der Waals surface area contributed by atoms with Gasteiger partial charge < -0.3 is 15.7 Å². The summed E-state index contributed by atoms with van der Waals surface area (Å²) in [6.07, 6.45) is 4.63. The number of aromatic nitrogens is 4. The standard InChI is InChI=1S/C25H24FN7O2/c1-25(2,35)23(26)15-31-24(34)19-14-30-21(9-20(19)29-12-16-4-3-7-28-11-16)22-6-5-18-8-17(10-27)13-32-33(18)22/h3-9,11,13-14,23,35H,12,15H2,1-2H3,(H,29,30)(H,31,34). The highest BCUT2D eigenvalue weighted by Gasteiger charge is 2.27. The SMILES string of the molecule is CC(C)(O)C(F)CNC(=O)c1cnc(-c2ccc3cc(C#N)cnn23)cc1NCc1cccnc1. The Labute approximate surface area is 201 Å². The molecular weight excluding hydrogens is 449 g/mol. The molecule has 0 aliphatic carbocycles. The normalized spacial score (nSPS) is 12.2. The minimum absolute atomic E-state index is 0.223. The molecule has 4 aromatic heterocycles. The number of carbonyl (C=O) groups is 1. The van der Waals surface area contributed by atoms with Crippen LogP contribution in [0.25, 0.3) is 16.9 Å². The molecule has 0 fully saturated rings. The van der Waals surface area contributed by atoms with Crippen molar-refractivity contribution in [3.05, 3.63) is 77.9 Å². The first-order valence-electron chi connectivity index (χ1n) is 10.9. The summed E-state index contributed by atoms with van der Waals surface area (Å²) in [5, 5.41) is 29.0. The van der Waals surface area contributed by atoms with Gasteiger partial charge in [0.2, 0.25) is 0 Å². The molecule has 35 heavy (non-hydrogen) atoms. The topological polar surface area (TPSA) is 128 Å². The van der Waals surface area contributed by atoms with E-state index < -0.39 is 17.7 Å². The zero-order chi connectivity index (χ0) is 25.0. The predicted molar refractivity (Wildman–Crippen MR) is 128 cm³/mol. The molecule has 1 atom stereocenters. The fourth-order valence-corrected chi connectivity index (χ4v) is 3.40. The average molecular weight is 474 g/mol. The van der Waals surface area contributed by atoms with Gasteiger partial charge in [-0.15, -0.1) is 0 Å².